The van der Waals surface area contributed by atoms with Gasteiger partial charge in [-0.05, 0) is 26.0 Å². The molecule has 3 rings (SSSR count). The summed E-state index contributed by atoms with van der Waals surface area (Å²) in [7, 11) is 0. The number of carbonyl (C=O) groups excluding carboxylic acids is 1. The molecule has 1 N–H and O–H groups in total. The first-order chi connectivity index (χ1) is 13.0. The van der Waals surface area contributed by atoms with Crippen molar-refractivity contribution >= 4 is 16.9 Å². The molecule has 3 aromatic rings. The van der Waals surface area contributed by atoms with Crippen molar-refractivity contribution in [3.8, 4) is 5.75 Å². The van der Waals surface area contributed by atoms with E-state index in [0.717, 1.165) is 0 Å². The fourth-order valence-corrected chi connectivity index (χ4v) is 2.61. The van der Waals surface area contributed by atoms with Crippen LogP contribution in [0.4, 0.5) is 0 Å². The van der Waals surface area contributed by atoms with Crippen molar-refractivity contribution in [1.82, 2.24) is 14.9 Å². The minimum atomic E-state index is -0.749. The van der Waals surface area contributed by atoms with Crippen LogP contribution in [-0.4, -0.2) is 28.6 Å². The number of aryl methyl sites for hydroxylation is 1. The van der Waals surface area contributed by atoms with Crippen LogP contribution in [0.1, 0.15) is 23.0 Å². The van der Waals surface area contributed by atoms with Crippen LogP contribution in [0.2, 0.25) is 0 Å². The molecule has 0 atom stereocenters. The summed E-state index contributed by atoms with van der Waals surface area (Å²) >= 11 is 0. The molecule has 0 aliphatic carbocycles. The van der Waals surface area contributed by atoms with Gasteiger partial charge in [0.1, 0.15) is 5.56 Å². The maximum absolute atomic E-state index is 12.3. The number of fused-ring (bicyclic) bond motifs is 1. The molecule has 0 aliphatic heterocycles. The average Bonchev–Trinajstić information content (AvgIpc) is 2.63. The van der Waals surface area contributed by atoms with E-state index in [2.05, 4.69) is 10.3 Å². The SMILES string of the molecule is CCOc1cccc2cc(C(=O)NCCn3cnc(C)cc3=O)c(=O)oc12. The molecular weight excluding hydrogens is 350 g/mol. The molecule has 0 saturated carbocycles. The van der Waals surface area contributed by atoms with E-state index in [0.29, 0.717) is 29.0 Å². The molecule has 0 bridgehead atoms. The molecule has 0 aliphatic rings. The standard InChI is InChI=1S/C19H19N3O5/c1-3-26-15-6-4-5-13-10-14(19(25)27-17(13)15)18(24)20-7-8-22-11-21-12(2)9-16(22)23/h4-6,9-11H,3,7-8H2,1-2H3,(H,20,24). The topological polar surface area (TPSA) is 103 Å². The second-order valence-corrected chi connectivity index (χ2v) is 5.87. The number of hydrogen-bond donors (Lipinski definition) is 1. The molecule has 2 aromatic heterocycles. The predicted octanol–water partition coefficient (Wildman–Crippen LogP) is 1.49. The highest BCUT2D eigenvalue weighted by atomic mass is 16.5. The smallest absolute Gasteiger partial charge is 0.349 e. The summed E-state index contributed by atoms with van der Waals surface area (Å²) in [5.74, 6) is -0.120. The lowest BCUT2D eigenvalue weighted by Crippen LogP contribution is -2.33. The van der Waals surface area contributed by atoms with E-state index >= 15 is 0 Å². The van der Waals surface area contributed by atoms with E-state index in [4.69, 9.17) is 9.15 Å². The minimum absolute atomic E-state index is 0.106. The van der Waals surface area contributed by atoms with Crippen molar-refractivity contribution in [3.63, 3.8) is 0 Å². The molecule has 0 saturated heterocycles. The third-order valence-corrected chi connectivity index (χ3v) is 3.92. The summed E-state index contributed by atoms with van der Waals surface area (Å²) in [6.07, 6.45) is 1.42. The van der Waals surface area contributed by atoms with Crippen LogP contribution < -0.4 is 21.2 Å². The molecule has 0 spiro atoms. The molecule has 8 nitrogen and oxygen atoms in total. The summed E-state index contributed by atoms with van der Waals surface area (Å²) in [6, 6.07) is 8.07. The van der Waals surface area contributed by atoms with E-state index < -0.39 is 11.5 Å². The number of aromatic nitrogens is 2. The van der Waals surface area contributed by atoms with E-state index in [1.54, 1.807) is 25.1 Å². The van der Waals surface area contributed by atoms with Gasteiger partial charge >= 0.3 is 5.63 Å². The number of nitrogens with one attached hydrogen (secondary N) is 1. The Bertz CT molecular complexity index is 1100. The van der Waals surface area contributed by atoms with Crippen molar-refractivity contribution in [1.29, 1.82) is 0 Å². The fraction of sp³-hybridized carbons (Fsp3) is 0.263. The molecule has 1 amide bonds. The van der Waals surface area contributed by atoms with Gasteiger partial charge < -0.3 is 14.5 Å². The molecular formula is C19H19N3O5. The predicted molar refractivity (Wildman–Crippen MR) is 99.2 cm³/mol. The van der Waals surface area contributed by atoms with Crippen LogP contribution in [0.25, 0.3) is 11.0 Å². The molecule has 1 aromatic carbocycles. The highest BCUT2D eigenvalue weighted by molar-refractivity contribution is 5.97. The Kier molecular flexibility index (Phi) is 5.35. The molecule has 0 fully saturated rings. The summed E-state index contributed by atoms with van der Waals surface area (Å²) in [5, 5.41) is 3.20. The average molecular weight is 369 g/mol. The maximum atomic E-state index is 12.3. The Hall–Kier alpha value is -3.42. The van der Waals surface area contributed by atoms with Crippen molar-refractivity contribution in [2.75, 3.05) is 13.2 Å². The lowest BCUT2D eigenvalue weighted by Gasteiger charge is -2.09. The summed E-state index contributed by atoms with van der Waals surface area (Å²) < 4.78 is 12.1. The van der Waals surface area contributed by atoms with Gasteiger partial charge in [-0.3, -0.25) is 14.2 Å². The van der Waals surface area contributed by atoms with Crippen LogP contribution in [0.3, 0.4) is 0 Å². The molecule has 0 unspecified atom stereocenters. The maximum Gasteiger partial charge on any atom is 0.349 e. The second-order valence-electron chi connectivity index (χ2n) is 5.87. The van der Waals surface area contributed by atoms with Crippen molar-refractivity contribution in [2.45, 2.75) is 20.4 Å². The summed E-state index contributed by atoms with van der Waals surface area (Å²) in [6.45, 7) is 4.39. The third kappa shape index (κ3) is 4.05. The number of amides is 1. The fourth-order valence-electron chi connectivity index (χ4n) is 2.61. The van der Waals surface area contributed by atoms with E-state index in [1.807, 2.05) is 6.92 Å². The Labute approximate surface area is 154 Å². The first kappa shape index (κ1) is 18.4. The Balaban J connectivity index is 1.76. The van der Waals surface area contributed by atoms with Crippen LogP contribution in [0.5, 0.6) is 5.75 Å². The van der Waals surface area contributed by atoms with E-state index in [9.17, 15) is 14.4 Å². The second kappa shape index (κ2) is 7.86. The van der Waals surface area contributed by atoms with Crippen LogP contribution in [0, 0.1) is 6.92 Å². The lowest BCUT2D eigenvalue weighted by atomic mass is 10.1. The van der Waals surface area contributed by atoms with Crippen molar-refractivity contribution in [3.05, 3.63) is 68.7 Å². The first-order valence-corrected chi connectivity index (χ1v) is 8.50. The summed E-state index contributed by atoms with van der Waals surface area (Å²) in [4.78, 5) is 40.4. The number of ether oxygens (including phenoxy) is 1. The molecule has 0 radical (unpaired) electrons. The highest BCUT2D eigenvalue weighted by Crippen LogP contribution is 2.24. The Morgan fingerprint density at radius 3 is 2.85 bits per heavy atom. The number of hydrogen-bond acceptors (Lipinski definition) is 6. The number of carbonyl (C=O) groups is 1. The molecule has 140 valence electrons. The lowest BCUT2D eigenvalue weighted by molar-refractivity contribution is 0.0948. The van der Waals surface area contributed by atoms with Gasteiger partial charge in [0.05, 0.1) is 12.9 Å². The van der Waals surface area contributed by atoms with Crippen LogP contribution in [0.15, 0.2) is 50.7 Å². The van der Waals surface area contributed by atoms with Gasteiger partial charge in [0.25, 0.3) is 11.5 Å². The first-order valence-electron chi connectivity index (χ1n) is 8.50. The highest BCUT2D eigenvalue weighted by Gasteiger charge is 2.15. The zero-order chi connectivity index (χ0) is 19.4. The van der Waals surface area contributed by atoms with Crippen molar-refractivity contribution in [2.24, 2.45) is 0 Å². The van der Waals surface area contributed by atoms with E-state index in [1.165, 1.54) is 23.0 Å². The van der Waals surface area contributed by atoms with Gasteiger partial charge in [0.2, 0.25) is 0 Å². The van der Waals surface area contributed by atoms with Gasteiger partial charge in [-0.2, -0.15) is 0 Å². The molecule has 27 heavy (non-hydrogen) atoms. The van der Waals surface area contributed by atoms with Gasteiger partial charge in [-0.1, -0.05) is 12.1 Å². The Morgan fingerprint density at radius 2 is 2.11 bits per heavy atom. The largest absolute Gasteiger partial charge is 0.490 e. The van der Waals surface area contributed by atoms with Gasteiger partial charge in [0.15, 0.2) is 11.3 Å². The minimum Gasteiger partial charge on any atom is -0.490 e. The van der Waals surface area contributed by atoms with E-state index in [-0.39, 0.29) is 24.2 Å². The quantitative estimate of drug-likeness (QED) is 0.660. The normalized spacial score (nSPS) is 10.7. The number of benzene rings is 1. The van der Waals surface area contributed by atoms with Crippen molar-refractivity contribution < 1.29 is 13.9 Å². The van der Waals surface area contributed by atoms with Crippen LogP contribution in [-0.2, 0) is 6.54 Å². The number of nitrogens with zero attached hydrogens (tertiary/aromatic N) is 2. The third-order valence-electron chi connectivity index (χ3n) is 3.92. The molecule has 8 heteroatoms. The number of para-hydroxylation sites is 1. The molecule has 2 heterocycles. The van der Waals surface area contributed by atoms with Crippen LogP contribution >= 0.6 is 0 Å². The van der Waals surface area contributed by atoms with Gasteiger partial charge in [-0.15, -0.1) is 0 Å². The zero-order valence-electron chi connectivity index (χ0n) is 15.0. The monoisotopic (exact) mass is 369 g/mol. The number of rotatable bonds is 6. The zero-order valence-corrected chi connectivity index (χ0v) is 15.0. The summed E-state index contributed by atoms with van der Waals surface area (Å²) in [5.41, 5.74) is -0.129. The van der Waals surface area contributed by atoms with Gasteiger partial charge in [-0.25, -0.2) is 9.78 Å². The van der Waals surface area contributed by atoms with Gasteiger partial charge in [0, 0.05) is 30.2 Å². The Morgan fingerprint density at radius 1 is 1.30 bits per heavy atom.